The van der Waals surface area contributed by atoms with Crippen molar-refractivity contribution in [2.45, 2.75) is 51.9 Å². The fourth-order valence-corrected chi connectivity index (χ4v) is 4.16. The first kappa shape index (κ1) is 24.4. The minimum Gasteiger partial charge on any atom is -0.462 e. The summed E-state index contributed by atoms with van der Waals surface area (Å²) in [4.78, 5) is 24.5. The second kappa shape index (κ2) is 11.5. The van der Waals surface area contributed by atoms with Gasteiger partial charge in [-0.2, -0.15) is 0 Å². The molecule has 1 aliphatic rings. The summed E-state index contributed by atoms with van der Waals surface area (Å²) in [7, 11) is 0. The van der Waals surface area contributed by atoms with E-state index in [0.717, 1.165) is 42.7 Å². The molecule has 0 spiro atoms. The second-order valence-corrected chi connectivity index (χ2v) is 8.91. The molecule has 0 aromatic heterocycles. The number of nitrogen functional groups attached to an aromatic ring is 2. The molecule has 0 heterocycles. The lowest BCUT2D eigenvalue weighted by Gasteiger charge is -2.26. The number of nitrogens with two attached hydrogens (primary N) is 2. The average Bonchev–Trinajstić information content (AvgIpc) is 2.81. The number of anilines is 2. The van der Waals surface area contributed by atoms with Gasteiger partial charge in [0.05, 0.1) is 12.5 Å². The quantitative estimate of drug-likeness (QED) is 0.244. The highest BCUT2D eigenvalue weighted by Crippen LogP contribution is 2.31. The number of hydrogen-bond acceptors (Lipinski definition) is 6. The maximum atomic E-state index is 12.4. The molecule has 33 heavy (non-hydrogen) atoms. The van der Waals surface area contributed by atoms with Crippen LogP contribution in [0.2, 0.25) is 0 Å². The van der Waals surface area contributed by atoms with Gasteiger partial charge in [-0.25, -0.2) is 4.79 Å². The number of hydrogen-bond donors (Lipinski definition) is 2. The van der Waals surface area contributed by atoms with Crippen LogP contribution in [0.5, 0.6) is 5.75 Å². The Morgan fingerprint density at radius 1 is 1.03 bits per heavy atom. The van der Waals surface area contributed by atoms with Crippen LogP contribution in [0.15, 0.2) is 48.5 Å². The van der Waals surface area contributed by atoms with E-state index in [0.29, 0.717) is 17.1 Å². The SMILES string of the molecule is CCC1CCC(C(=O)Oc2ccc(C=CC(=O)OCC(C)c3cc(N)cc(N)c3)cc2)CC1. The molecule has 0 bridgehead atoms. The van der Waals surface area contributed by atoms with Crippen molar-refractivity contribution in [3.8, 4) is 5.75 Å². The molecule has 2 aromatic carbocycles. The van der Waals surface area contributed by atoms with E-state index < -0.39 is 5.97 Å². The lowest BCUT2D eigenvalue weighted by molar-refractivity contribution is -0.140. The molecule has 2 aromatic rings. The fourth-order valence-electron chi connectivity index (χ4n) is 4.16. The Labute approximate surface area is 195 Å². The van der Waals surface area contributed by atoms with Gasteiger partial charge < -0.3 is 20.9 Å². The van der Waals surface area contributed by atoms with Crippen LogP contribution in [0.4, 0.5) is 11.4 Å². The van der Waals surface area contributed by atoms with E-state index in [9.17, 15) is 9.59 Å². The van der Waals surface area contributed by atoms with Gasteiger partial charge in [0.25, 0.3) is 0 Å². The molecule has 4 N–H and O–H groups in total. The van der Waals surface area contributed by atoms with Gasteiger partial charge in [-0.3, -0.25) is 4.79 Å². The van der Waals surface area contributed by atoms with Gasteiger partial charge in [-0.05, 0) is 79.1 Å². The Balaban J connectivity index is 1.45. The number of rotatable bonds is 8. The van der Waals surface area contributed by atoms with Crippen LogP contribution in [0.25, 0.3) is 6.08 Å². The Morgan fingerprint density at radius 3 is 2.27 bits per heavy atom. The number of benzene rings is 2. The van der Waals surface area contributed by atoms with Gasteiger partial charge in [0.2, 0.25) is 0 Å². The fraction of sp³-hybridized carbons (Fsp3) is 0.407. The minimum absolute atomic E-state index is 0.00620. The Bertz CT molecular complexity index is 956. The highest BCUT2D eigenvalue weighted by atomic mass is 16.5. The zero-order chi connectivity index (χ0) is 23.8. The van der Waals surface area contributed by atoms with Crippen molar-refractivity contribution in [1.29, 1.82) is 0 Å². The largest absolute Gasteiger partial charge is 0.462 e. The molecule has 3 rings (SSSR count). The standard InChI is InChI=1S/C27H34N2O4/c1-3-19-4-9-21(10-5-19)27(31)33-25-11-6-20(7-12-25)8-13-26(30)32-17-18(2)22-14-23(28)16-24(29)15-22/h6-8,11-16,18-19,21H,3-5,9-10,17,28-29H2,1-2H3. The van der Waals surface area contributed by atoms with Crippen LogP contribution in [0.3, 0.4) is 0 Å². The zero-order valence-electron chi connectivity index (χ0n) is 19.5. The summed E-state index contributed by atoms with van der Waals surface area (Å²) < 4.78 is 10.9. The topological polar surface area (TPSA) is 105 Å². The van der Waals surface area contributed by atoms with Gasteiger partial charge >= 0.3 is 11.9 Å². The summed E-state index contributed by atoms with van der Waals surface area (Å²) in [6.45, 7) is 4.37. The van der Waals surface area contributed by atoms with Gasteiger partial charge in [0.15, 0.2) is 0 Å². The third-order valence-corrected chi connectivity index (χ3v) is 6.31. The monoisotopic (exact) mass is 450 g/mol. The molecule has 1 aliphatic carbocycles. The smallest absolute Gasteiger partial charge is 0.330 e. The summed E-state index contributed by atoms with van der Waals surface area (Å²) in [5, 5.41) is 0. The molecule has 1 fully saturated rings. The summed E-state index contributed by atoms with van der Waals surface area (Å²) in [6.07, 6.45) is 8.25. The molecule has 176 valence electrons. The van der Waals surface area contributed by atoms with Gasteiger partial charge in [0.1, 0.15) is 5.75 Å². The van der Waals surface area contributed by atoms with Crippen LogP contribution in [0, 0.1) is 11.8 Å². The average molecular weight is 451 g/mol. The normalized spacial score (nSPS) is 19.2. The molecule has 6 heteroatoms. The van der Waals surface area contributed by atoms with Crippen molar-refractivity contribution in [2.75, 3.05) is 18.1 Å². The summed E-state index contributed by atoms with van der Waals surface area (Å²) in [5.41, 5.74) is 14.6. The Morgan fingerprint density at radius 2 is 1.67 bits per heavy atom. The predicted octanol–water partition coefficient (Wildman–Crippen LogP) is 5.33. The van der Waals surface area contributed by atoms with E-state index in [-0.39, 0.29) is 24.4 Å². The number of ether oxygens (including phenoxy) is 2. The summed E-state index contributed by atoms with van der Waals surface area (Å²) >= 11 is 0. The molecule has 1 unspecified atom stereocenters. The van der Waals surface area contributed by atoms with E-state index >= 15 is 0 Å². The van der Waals surface area contributed by atoms with Crippen molar-refractivity contribution in [2.24, 2.45) is 11.8 Å². The maximum absolute atomic E-state index is 12.4. The Kier molecular flexibility index (Phi) is 8.52. The highest BCUT2D eigenvalue weighted by Gasteiger charge is 2.26. The van der Waals surface area contributed by atoms with Crippen LogP contribution < -0.4 is 16.2 Å². The van der Waals surface area contributed by atoms with Crippen LogP contribution in [-0.2, 0) is 14.3 Å². The molecule has 1 atom stereocenters. The molecule has 1 saturated carbocycles. The summed E-state index contributed by atoms with van der Waals surface area (Å²) in [5.74, 6) is 0.648. The number of carbonyl (C=O) groups is 2. The van der Waals surface area contributed by atoms with Crippen molar-refractivity contribution >= 4 is 29.4 Å². The summed E-state index contributed by atoms with van der Waals surface area (Å²) in [6, 6.07) is 12.4. The van der Waals surface area contributed by atoms with E-state index in [1.165, 1.54) is 12.5 Å². The third kappa shape index (κ3) is 7.38. The van der Waals surface area contributed by atoms with Crippen molar-refractivity contribution in [3.63, 3.8) is 0 Å². The van der Waals surface area contributed by atoms with Crippen molar-refractivity contribution in [1.82, 2.24) is 0 Å². The molecule has 0 aliphatic heterocycles. The highest BCUT2D eigenvalue weighted by molar-refractivity contribution is 5.87. The van der Waals surface area contributed by atoms with E-state index in [1.807, 2.05) is 19.1 Å². The lowest BCUT2D eigenvalue weighted by atomic mass is 9.81. The van der Waals surface area contributed by atoms with Gasteiger partial charge in [0, 0.05) is 23.4 Å². The third-order valence-electron chi connectivity index (χ3n) is 6.31. The van der Waals surface area contributed by atoms with Crippen LogP contribution >= 0.6 is 0 Å². The van der Waals surface area contributed by atoms with Crippen molar-refractivity contribution < 1.29 is 19.1 Å². The maximum Gasteiger partial charge on any atom is 0.330 e. The Hall–Kier alpha value is -3.28. The molecular formula is C27H34N2O4. The second-order valence-electron chi connectivity index (χ2n) is 8.91. The van der Waals surface area contributed by atoms with E-state index in [4.69, 9.17) is 20.9 Å². The first-order valence-corrected chi connectivity index (χ1v) is 11.7. The van der Waals surface area contributed by atoms with Crippen LogP contribution in [0.1, 0.15) is 63.0 Å². The molecule has 0 amide bonds. The zero-order valence-corrected chi connectivity index (χ0v) is 19.5. The number of esters is 2. The van der Waals surface area contributed by atoms with Gasteiger partial charge in [-0.15, -0.1) is 0 Å². The molecular weight excluding hydrogens is 416 g/mol. The van der Waals surface area contributed by atoms with Crippen LogP contribution in [-0.4, -0.2) is 18.5 Å². The molecule has 0 radical (unpaired) electrons. The molecule has 0 saturated heterocycles. The number of carbonyl (C=O) groups excluding carboxylic acids is 2. The van der Waals surface area contributed by atoms with E-state index in [1.54, 1.807) is 36.4 Å². The molecule has 6 nitrogen and oxygen atoms in total. The first-order valence-electron chi connectivity index (χ1n) is 11.7. The predicted molar refractivity (Wildman–Crippen MR) is 131 cm³/mol. The van der Waals surface area contributed by atoms with Crippen molar-refractivity contribution in [3.05, 3.63) is 59.7 Å². The van der Waals surface area contributed by atoms with Gasteiger partial charge in [-0.1, -0.05) is 32.4 Å². The minimum atomic E-state index is -0.433. The lowest BCUT2D eigenvalue weighted by Crippen LogP contribution is -2.25. The first-order chi connectivity index (χ1) is 15.8. The van der Waals surface area contributed by atoms with E-state index in [2.05, 4.69) is 6.92 Å².